The topological polar surface area (TPSA) is 72.6 Å². The summed E-state index contributed by atoms with van der Waals surface area (Å²) in [6, 6.07) is 31.5. The molecule has 0 aliphatic carbocycles. The van der Waals surface area contributed by atoms with Gasteiger partial charge in [-0.15, -0.1) is 0 Å². The molecular formula is C39H45N3O3. The third-order valence-corrected chi connectivity index (χ3v) is 7.42. The number of benzene rings is 4. The Labute approximate surface area is 268 Å². The van der Waals surface area contributed by atoms with Crippen molar-refractivity contribution in [2.24, 2.45) is 15.2 Å². The van der Waals surface area contributed by atoms with E-state index in [4.69, 9.17) is 9.47 Å². The van der Waals surface area contributed by atoms with Gasteiger partial charge < -0.3 is 9.47 Å². The van der Waals surface area contributed by atoms with Crippen molar-refractivity contribution in [3.05, 3.63) is 114 Å². The maximum absolute atomic E-state index is 12.8. The Morgan fingerprint density at radius 1 is 0.600 bits per heavy atom. The first kappa shape index (κ1) is 33.3. The number of carbonyl (C=O) groups excluding carboxylic acids is 1. The Balaban J connectivity index is 1.15. The van der Waals surface area contributed by atoms with Gasteiger partial charge in [-0.25, -0.2) is 4.79 Å². The summed E-state index contributed by atoms with van der Waals surface area (Å²) in [6.07, 6.45) is 16.1. The molecule has 0 heterocycles. The van der Waals surface area contributed by atoms with Crippen LogP contribution in [0.15, 0.2) is 118 Å². The summed E-state index contributed by atoms with van der Waals surface area (Å²) in [5, 5.41) is 8.49. The molecule has 0 aliphatic rings. The van der Waals surface area contributed by atoms with Gasteiger partial charge in [0.2, 0.25) is 0 Å². The molecule has 0 fully saturated rings. The number of aliphatic imine (C=N–C) groups is 1. The molecule has 4 aromatic rings. The number of azo groups is 1. The first-order valence-electron chi connectivity index (χ1n) is 16.4. The molecule has 0 aromatic heterocycles. The van der Waals surface area contributed by atoms with Gasteiger partial charge in [-0.2, -0.15) is 10.2 Å². The third-order valence-electron chi connectivity index (χ3n) is 7.42. The van der Waals surface area contributed by atoms with Crippen molar-refractivity contribution < 1.29 is 14.3 Å². The highest BCUT2D eigenvalue weighted by molar-refractivity contribution is 5.91. The molecule has 0 unspecified atom stereocenters. The Morgan fingerprint density at radius 2 is 1.20 bits per heavy atom. The zero-order chi connectivity index (χ0) is 31.4. The summed E-state index contributed by atoms with van der Waals surface area (Å²) in [4.78, 5) is 17.3. The van der Waals surface area contributed by atoms with Crippen LogP contribution in [-0.4, -0.2) is 18.8 Å². The van der Waals surface area contributed by atoms with Gasteiger partial charge >= 0.3 is 5.97 Å². The van der Waals surface area contributed by atoms with E-state index in [-0.39, 0.29) is 0 Å². The minimum Gasteiger partial charge on any atom is -0.494 e. The minimum atomic E-state index is -0.416. The fourth-order valence-electron chi connectivity index (χ4n) is 4.83. The van der Waals surface area contributed by atoms with Gasteiger partial charge in [0.15, 0.2) is 0 Å². The molecule has 0 bridgehead atoms. The average molecular weight is 604 g/mol. The lowest BCUT2D eigenvalue weighted by molar-refractivity contribution is 0.0734. The highest BCUT2D eigenvalue weighted by Crippen LogP contribution is 2.22. The lowest BCUT2D eigenvalue weighted by atomic mass is 10.1. The fourth-order valence-corrected chi connectivity index (χ4v) is 4.83. The van der Waals surface area contributed by atoms with Crippen LogP contribution in [0.1, 0.15) is 93.5 Å². The lowest BCUT2D eigenvalue weighted by Crippen LogP contribution is -2.08. The number of ether oxygens (including phenoxy) is 2. The second kappa shape index (κ2) is 19.6. The van der Waals surface area contributed by atoms with Gasteiger partial charge in [0, 0.05) is 6.21 Å². The van der Waals surface area contributed by atoms with Crippen LogP contribution in [0.5, 0.6) is 11.5 Å². The summed E-state index contributed by atoms with van der Waals surface area (Å²) in [5.74, 6) is 0.808. The van der Waals surface area contributed by atoms with Gasteiger partial charge in [-0.05, 0) is 84.8 Å². The minimum absolute atomic E-state index is 0.416. The summed E-state index contributed by atoms with van der Waals surface area (Å²) >= 11 is 0. The van der Waals surface area contributed by atoms with Gasteiger partial charge in [-0.1, -0.05) is 101 Å². The van der Waals surface area contributed by atoms with E-state index in [2.05, 4.69) is 22.1 Å². The Hall–Kier alpha value is -4.58. The van der Waals surface area contributed by atoms with E-state index in [1.54, 1.807) is 30.5 Å². The predicted octanol–water partition coefficient (Wildman–Crippen LogP) is 11.8. The van der Waals surface area contributed by atoms with Crippen LogP contribution in [0.2, 0.25) is 0 Å². The Kier molecular flexibility index (Phi) is 14.5. The van der Waals surface area contributed by atoms with Crippen LogP contribution in [-0.2, 0) is 0 Å². The normalized spacial score (nSPS) is 11.3. The molecule has 0 saturated heterocycles. The second-order valence-electron chi connectivity index (χ2n) is 11.2. The number of nitrogens with zero attached hydrogens (tertiary/aromatic N) is 3. The summed E-state index contributed by atoms with van der Waals surface area (Å²) in [6.45, 7) is 2.96. The molecule has 0 spiro atoms. The van der Waals surface area contributed by atoms with E-state index < -0.39 is 5.97 Å². The first-order chi connectivity index (χ1) is 22.2. The van der Waals surface area contributed by atoms with Gasteiger partial charge in [0.25, 0.3) is 0 Å². The van der Waals surface area contributed by atoms with E-state index in [1.165, 1.54) is 64.2 Å². The Bertz CT molecular complexity index is 1470. The maximum Gasteiger partial charge on any atom is 0.343 e. The number of carbonyl (C=O) groups is 1. The summed E-state index contributed by atoms with van der Waals surface area (Å²) < 4.78 is 11.5. The second-order valence-corrected chi connectivity index (χ2v) is 11.2. The number of hydrogen-bond acceptors (Lipinski definition) is 6. The first-order valence-corrected chi connectivity index (χ1v) is 16.4. The number of esters is 1. The third kappa shape index (κ3) is 12.9. The summed E-state index contributed by atoms with van der Waals surface area (Å²) in [7, 11) is 0. The van der Waals surface area contributed by atoms with Crippen LogP contribution < -0.4 is 9.47 Å². The maximum atomic E-state index is 12.8. The number of hydrogen-bond donors (Lipinski definition) is 0. The zero-order valence-corrected chi connectivity index (χ0v) is 26.4. The Morgan fingerprint density at radius 3 is 1.87 bits per heavy atom. The highest BCUT2D eigenvalue weighted by atomic mass is 16.5. The number of unbranched alkanes of at least 4 members (excludes halogenated alkanes) is 10. The molecule has 0 amide bonds. The molecule has 45 heavy (non-hydrogen) atoms. The molecule has 6 nitrogen and oxygen atoms in total. The fraction of sp³-hybridized carbons (Fsp3) is 0.333. The smallest absolute Gasteiger partial charge is 0.343 e. The van der Waals surface area contributed by atoms with Crippen molar-refractivity contribution in [1.29, 1.82) is 0 Å². The SMILES string of the molecule is CCCCCCCCCCCCCOc1ccc(C(=O)Oc2cccc(C=Nc3ccc(N=Nc4ccccc4)cc3)c2)cc1. The van der Waals surface area contributed by atoms with Gasteiger partial charge in [0.1, 0.15) is 11.5 Å². The molecule has 0 saturated carbocycles. The van der Waals surface area contributed by atoms with Crippen molar-refractivity contribution in [3.63, 3.8) is 0 Å². The van der Waals surface area contributed by atoms with Crippen molar-refractivity contribution in [1.82, 2.24) is 0 Å². The van der Waals surface area contributed by atoms with Crippen LogP contribution in [0.4, 0.5) is 17.1 Å². The molecule has 234 valence electrons. The van der Waals surface area contributed by atoms with Crippen molar-refractivity contribution in [3.8, 4) is 11.5 Å². The molecule has 6 heteroatoms. The molecule has 0 N–H and O–H groups in total. The molecule has 0 atom stereocenters. The van der Waals surface area contributed by atoms with Crippen LogP contribution in [0, 0.1) is 0 Å². The van der Waals surface area contributed by atoms with Crippen LogP contribution in [0.25, 0.3) is 0 Å². The molecule has 0 aliphatic heterocycles. The molecule has 0 radical (unpaired) electrons. The molecule has 4 rings (SSSR count). The standard InChI is InChI=1S/C39H45N3O3/c1-2-3-4-5-6-7-8-9-10-11-15-29-44-37-27-21-33(22-28-37)39(43)45-38-20-16-17-32(30-38)31-40-34-23-25-36(26-24-34)42-41-35-18-13-12-14-19-35/h12-14,16-28,30-31H,2-11,15,29H2,1H3. The predicted molar refractivity (Wildman–Crippen MR) is 184 cm³/mol. The van der Waals surface area contributed by atoms with Gasteiger partial charge in [0.05, 0.1) is 29.2 Å². The van der Waals surface area contributed by atoms with E-state index >= 15 is 0 Å². The van der Waals surface area contributed by atoms with E-state index in [1.807, 2.05) is 78.9 Å². The quantitative estimate of drug-likeness (QED) is 0.0352. The van der Waals surface area contributed by atoms with E-state index in [0.717, 1.165) is 34.8 Å². The van der Waals surface area contributed by atoms with Crippen molar-refractivity contribution >= 4 is 29.2 Å². The molecule has 4 aromatic carbocycles. The van der Waals surface area contributed by atoms with Gasteiger partial charge in [-0.3, -0.25) is 4.99 Å². The van der Waals surface area contributed by atoms with Crippen molar-refractivity contribution in [2.45, 2.75) is 77.6 Å². The average Bonchev–Trinajstić information content (AvgIpc) is 3.08. The monoisotopic (exact) mass is 603 g/mol. The van der Waals surface area contributed by atoms with Crippen LogP contribution in [0.3, 0.4) is 0 Å². The number of rotatable bonds is 19. The zero-order valence-electron chi connectivity index (χ0n) is 26.4. The largest absolute Gasteiger partial charge is 0.494 e. The van der Waals surface area contributed by atoms with E-state index in [9.17, 15) is 4.79 Å². The van der Waals surface area contributed by atoms with Crippen molar-refractivity contribution in [2.75, 3.05) is 6.61 Å². The molecular weight excluding hydrogens is 558 g/mol. The summed E-state index contributed by atoms with van der Waals surface area (Å²) in [5.41, 5.74) is 3.62. The van der Waals surface area contributed by atoms with E-state index in [0.29, 0.717) is 17.9 Å². The lowest BCUT2D eigenvalue weighted by Gasteiger charge is -2.08. The van der Waals surface area contributed by atoms with Crippen LogP contribution >= 0.6 is 0 Å². The highest BCUT2D eigenvalue weighted by Gasteiger charge is 2.09.